The van der Waals surface area contributed by atoms with Crippen molar-refractivity contribution in [1.29, 1.82) is 0 Å². The Morgan fingerprint density at radius 3 is 2.48 bits per heavy atom. The molecule has 1 saturated heterocycles. The van der Waals surface area contributed by atoms with E-state index in [0.717, 1.165) is 89.0 Å². The van der Waals surface area contributed by atoms with Gasteiger partial charge < -0.3 is 29.9 Å². The van der Waals surface area contributed by atoms with Gasteiger partial charge in [0.25, 0.3) is 0 Å². The van der Waals surface area contributed by atoms with Crippen LogP contribution in [0.4, 0.5) is 5.69 Å². The first kappa shape index (κ1) is 30.2. The molecule has 5 fully saturated rings. The van der Waals surface area contributed by atoms with E-state index >= 15 is 0 Å². The second-order valence-electron chi connectivity index (χ2n) is 15.1. The minimum absolute atomic E-state index is 0.0945. The molecule has 0 radical (unpaired) electrons. The number of aliphatic hydroxyl groups excluding tert-OH is 3. The third kappa shape index (κ3) is 4.95. The molecule has 1 aromatic carbocycles. The Balaban J connectivity index is 1.07. The Bertz CT molecular complexity index is 1120. The highest BCUT2D eigenvalue weighted by Gasteiger charge is 2.65. The molecule has 42 heavy (non-hydrogen) atoms. The number of aliphatic hydroxyl groups is 3. The molecule has 6 rings (SSSR count). The molecule has 0 aromatic heterocycles. The molecule has 234 valence electrons. The molecule has 1 amide bonds. The van der Waals surface area contributed by atoms with E-state index in [1.165, 1.54) is 0 Å². The molecule has 0 unspecified atom stereocenters. The number of amides is 1. The van der Waals surface area contributed by atoms with Crippen LogP contribution < -0.4 is 9.64 Å². The van der Waals surface area contributed by atoms with Crippen LogP contribution in [0.3, 0.4) is 0 Å². The fourth-order valence-electron chi connectivity index (χ4n) is 10.9. The molecule has 7 heteroatoms. The summed E-state index contributed by atoms with van der Waals surface area (Å²) in [6.45, 7) is 10.0. The van der Waals surface area contributed by atoms with E-state index in [4.69, 9.17) is 4.74 Å². The molecule has 5 aliphatic rings. The van der Waals surface area contributed by atoms with Crippen LogP contribution in [0.2, 0.25) is 0 Å². The number of fused-ring (bicyclic) bond motifs is 5. The molecule has 7 nitrogen and oxygen atoms in total. The van der Waals surface area contributed by atoms with Crippen molar-refractivity contribution < 1.29 is 24.9 Å². The van der Waals surface area contributed by atoms with E-state index in [1.807, 2.05) is 23.1 Å². The lowest BCUT2D eigenvalue weighted by Gasteiger charge is -2.63. The summed E-state index contributed by atoms with van der Waals surface area (Å²) in [5.41, 5.74) is 0.964. The molecule has 3 N–H and O–H groups in total. The van der Waals surface area contributed by atoms with Gasteiger partial charge in [0.1, 0.15) is 5.75 Å². The predicted octanol–water partition coefficient (Wildman–Crippen LogP) is 4.72. The van der Waals surface area contributed by atoms with Gasteiger partial charge in [-0.05, 0) is 110 Å². The SMILES string of the molecule is COc1ccccc1N1CCN(C(=O)CC[C@@H](C)[C@H]2CC[C@H]3[C@@H]4[C@H](O)C[C@@H]5C[C@H](O)CC[C@]5(C)[C@H]4C[C@H](O)[C@]23C)CC1. The maximum atomic E-state index is 13.3. The van der Waals surface area contributed by atoms with Gasteiger partial charge in [0, 0.05) is 32.6 Å². The van der Waals surface area contributed by atoms with Crippen molar-refractivity contribution in [3.63, 3.8) is 0 Å². The number of anilines is 1. The fraction of sp³-hybridized carbons (Fsp3) is 0.800. The summed E-state index contributed by atoms with van der Waals surface area (Å²) in [4.78, 5) is 17.6. The van der Waals surface area contributed by atoms with E-state index in [0.29, 0.717) is 36.0 Å². The standard InChI is InChI=1S/C35H54N2O5/c1-22(9-12-32(41)37-17-15-36(16-18-37)28-7-5-6-8-30(28)42-4)25-10-11-26-33-27(21-31(40)35(25,26)3)34(2)14-13-24(38)19-23(34)20-29(33)39/h5-8,22-27,29,31,33,38-40H,9-21H2,1-4H3/t22-,23+,24-,25-,26+,27+,29-,31+,33+,34+,35-/m1/s1. The average molecular weight is 583 g/mol. The Hall–Kier alpha value is -1.83. The second kappa shape index (κ2) is 11.6. The third-order valence-electron chi connectivity index (χ3n) is 13.4. The number of rotatable bonds is 6. The van der Waals surface area contributed by atoms with Gasteiger partial charge in [0.05, 0.1) is 31.1 Å². The van der Waals surface area contributed by atoms with Crippen molar-refractivity contribution in [2.45, 2.75) is 96.9 Å². The lowest BCUT2D eigenvalue weighted by Crippen LogP contribution is -2.62. The molecular formula is C35H54N2O5. The Morgan fingerprint density at radius 1 is 1.00 bits per heavy atom. The number of carbonyl (C=O) groups is 1. The number of ether oxygens (including phenoxy) is 1. The van der Waals surface area contributed by atoms with Crippen LogP contribution in [0.1, 0.15) is 78.6 Å². The van der Waals surface area contributed by atoms with Crippen LogP contribution in [-0.4, -0.2) is 77.7 Å². The zero-order valence-corrected chi connectivity index (χ0v) is 26.3. The number of hydrogen-bond acceptors (Lipinski definition) is 6. The Morgan fingerprint density at radius 2 is 1.74 bits per heavy atom. The highest BCUT2D eigenvalue weighted by molar-refractivity contribution is 5.76. The topological polar surface area (TPSA) is 93.5 Å². The minimum atomic E-state index is -0.382. The summed E-state index contributed by atoms with van der Waals surface area (Å²) in [6, 6.07) is 8.08. The van der Waals surface area contributed by atoms with Crippen LogP contribution in [0.5, 0.6) is 5.75 Å². The first-order valence-electron chi connectivity index (χ1n) is 16.8. The molecule has 1 aromatic rings. The second-order valence-corrected chi connectivity index (χ2v) is 15.1. The summed E-state index contributed by atoms with van der Waals surface area (Å²) >= 11 is 0. The summed E-state index contributed by atoms with van der Waals surface area (Å²) < 4.78 is 5.54. The normalized spacial score (nSPS) is 42.4. The third-order valence-corrected chi connectivity index (χ3v) is 13.4. The molecule has 1 heterocycles. The molecule has 1 aliphatic heterocycles. The summed E-state index contributed by atoms with van der Waals surface area (Å²) in [5.74, 6) is 3.03. The van der Waals surface area contributed by atoms with Crippen molar-refractivity contribution in [3.05, 3.63) is 24.3 Å². The molecule has 4 saturated carbocycles. The number of para-hydroxylation sites is 2. The predicted molar refractivity (Wildman–Crippen MR) is 164 cm³/mol. The molecule has 11 atom stereocenters. The lowest BCUT2D eigenvalue weighted by molar-refractivity contribution is -0.207. The van der Waals surface area contributed by atoms with Crippen molar-refractivity contribution in [3.8, 4) is 5.75 Å². The van der Waals surface area contributed by atoms with Gasteiger partial charge >= 0.3 is 0 Å². The Kier molecular flexibility index (Phi) is 8.34. The van der Waals surface area contributed by atoms with Gasteiger partial charge in [-0.3, -0.25) is 4.79 Å². The first-order valence-corrected chi connectivity index (χ1v) is 16.8. The monoisotopic (exact) mass is 582 g/mol. The maximum Gasteiger partial charge on any atom is 0.222 e. The summed E-state index contributed by atoms with van der Waals surface area (Å²) in [6.07, 6.45) is 6.73. The minimum Gasteiger partial charge on any atom is -0.495 e. The smallest absolute Gasteiger partial charge is 0.222 e. The van der Waals surface area contributed by atoms with Crippen LogP contribution in [0, 0.1) is 46.3 Å². The van der Waals surface area contributed by atoms with Gasteiger partial charge in [-0.25, -0.2) is 0 Å². The van der Waals surface area contributed by atoms with E-state index < -0.39 is 0 Å². The number of benzene rings is 1. The summed E-state index contributed by atoms with van der Waals surface area (Å²) in [7, 11) is 1.70. The van der Waals surface area contributed by atoms with Crippen molar-refractivity contribution in [2.75, 3.05) is 38.2 Å². The van der Waals surface area contributed by atoms with E-state index in [1.54, 1.807) is 7.11 Å². The largest absolute Gasteiger partial charge is 0.495 e. The van der Waals surface area contributed by atoms with Crippen LogP contribution >= 0.6 is 0 Å². The fourth-order valence-corrected chi connectivity index (χ4v) is 10.9. The average Bonchev–Trinajstić information content (AvgIpc) is 3.35. The zero-order chi connectivity index (χ0) is 29.8. The number of methoxy groups -OCH3 is 1. The summed E-state index contributed by atoms with van der Waals surface area (Å²) in [5, 5.41) is 33.8. The van der Waals surface area contributed by atoms with Crippen molar-refractivity contribution >= 4 is 11.6 Å². The van der Waals surface area contributed by atoms with E-state index in [-0.39, 0.29) is 41.0 Å². The maximum absolute atomic E-state index is 13.3. The Labute approximate surface area is 252 Å². The lowest BCUT2D eigenvalue weighted by atomic mass is 9.43. The zero-order valence-electron chi connectivity index (χ0n) is 26.3. The van der Waals surface area contributed by atoms with E-state index in [2.05, 4.69) is 31.7 Å². The number of nitrogens with zero attached hydrogens (tertiary/aromatic N) is 2. The van der Waals surface area contributed by atoms with E-state index in [9.17, 15) is 20.1 Å². The highest BCUT2D eigenvalue weighted by atomic mass is 16.5. The quantitative estimate of drug-likeness (QED) is 0.450. The van der Waals surface area contributed by atoms with Crippen LogP contribution in [0.25, 0.3) is 0 Å². The van der Waals surface area contributed by atoms with Gasteiger partial charge in [-0.15, -0.1) is 0 Å². The number of carbonyl (C=O) groups excluding carboxylic acids is 1. The van der Waals surface area contributed by atoms with Crippen LogP contribution in [0.15, 0.2) is 24.3 Å². The van der Waals surface area contributed by atoms with Crippen LogP contribution in [-0.2, 0) is 4.79 Å². The van der Waals surface area contributed by atoms with Gasteiger partial charge in [0.2, 0.25) is 5.91 Å². The molecule has 0 spiro atoms. The van der Waals surface area contributed by atoms with Gasteiger partial charge in [0.15, 0.2) is 0 Å². The number of hydrogen-bond donors (Lipinski definition) is 3. The highest BCUT2D eigenvalue weighted by Crippen LogP contribution is 2.68. The van der Waals surface area contributed by atoms with Crippen molar-refractivity contribution in [1.82, 2.24) is 4.90 Å². The molecular weight excluding hydrogens is 528 g/mol. The van der Waals surface area contributed by atoms with Gasteiger partial charge in [-0.2, -0.15) is 0 Å². The molecule has 0 bridgehead atoms. The first-order chi connectivity index (χ1) is 20.1. The number of piperazine rings is 1. The van der Waals surface area contributed by atoms with Crippen molar-refractivity contribution in [2.24, 2.45) is 46.3 Å². The molecule has 4 aliphatic carbocycles. The van der Waals surface area contributed by atoms with Gasteiger partial charge in [-0.1, -0.05) is 32.9 Å².